The average molecular weight is 196 g/mol. The van der Waals surface area contributed by atoms with Crippen LogP contribution in [-0.4, -0.2) is 11.9 Å². The zero-order valence-corrected chi connectivity index (χ0v) is 8.49. The fourth-order valence-corrected chi connectivity index (χ4v) is 0.830. The highest BCUT2D eigenvalue weighted by Crippen LogP contribution is 2.06. The van der Waals surface area contributed by atoms with Crippen molar-refractivity contribution in [3.63, 3.8) is 0 Å². The Morgan fingerprint density at radius 1 is 1.36 bits per heavy atom. The summed E-state index contributed by atoms with van der Waals surface area (Å²) in [6.07, 6.45) is 4.49. The lowest BCUT2D eigenvalue weighted by molar-refractivity contribution is -0.162. The van der Waals surface area contributed by atoms with E-state index < -0.39 is 11.9 Å². The molecule has 1 atom stereocenters. The van der Waals surface area contributed by atoms with Gasteiger partial charge in [0, 0.05) is 6.42 Å². The van der Waals surface area contributed by atoms with Crippen LogP contribution in [0.3, 0.4) is 0 Å². The molecule has 0 bridgehead atoms. The molecule has 0 aliphatic heterocycles. The molecule has 78 valence electrons. The number of hydrogen-bond acceptors (Lipinski definition) is 3. The Balaban J connectivity index is 3.86. The highest BCUT2D eigenvalue weighted by molar-refractivity contribution is 5.86. The van der Waals surface area contributed by atoms with Crippen molar-refractivity contribution >= 4 is 11.9 Å². The molecule has 0 aromatic heterocycles. The minimum atomic E-state index is -0.495. The van der Waals surface area contributed by atoms with E-state index in [1.807, 2.05) is 0 Å². The van der Waals surface area contributed by atoms with Gasteiger partial charge in [-0.1, -0.05) is 19.1 Å². The Bertz CT molecular complexity index is 231. The summed E-state index contributed by atoms with van der Waals surface area (Å²) in [5, 5.41) is 0. The largest absolute Gasteiger partial charge is 0.393 e. The first-order valence-corrected chi connectivity index (χ1v) is 4.58. The summed E-state index contributed by atoms with van der Waals surface area (Å²) in [4.78, 5) is 22.2. The van der Waals surface area contributed by atoms with Gasteiger partial charge >= 0.3 is 11.9 Å². The molecule has 0 fully saturated rings. The molecular weight excluding hydrogens is 180 g/mol. The van der Waals surface area contributed by atoms with E-state index in [0.29, 0.717) is 12.8 Å². The number of carbonyl (C=O) groups excluding carboxylic acids is 2. The molecule has 14 heavy (non-hydrogen) atoms. The standard InChI is InChI=1S/C11H16O3/c1-4-6-8-10(12)14-11(13)9(3)7-5-2/h4-5,9H,1-2,6-8H2,3H3. The smallest absolute Gasteiger partial charge is 0.316 e. The molecule has 0 aliphatic rings. The van der Waals surface area contributed by atoms with E-state index in [4.69, 9.17) is 0 Å². The molecule has 0 aliphatic carbocycles. The minimum absolute atomic E-state index is 0.204. The number of esters is 2. The van der Waals surface area contributed by atoms with Crippen LogP contribution in [0, 0.1) is 5.92 Å². The number of ether oxygens (including phenoxy) is 1. The maximum Gasteiger partial charge on any atom is 0.316 e. The third kappa shape index (κ3) is 5.30. The zero-order valence-electron chi connectivity index (χ0n) is 8.49. The third-order valence-corrected chi connectivity index (χ3v) is 1.69. The van der Waals surface area contributed by atoms with E-state index in [1.165, 1.54) is 0 Å². The normalized spacial score (nSPS) is 11.5. The van der Waals surface area contributed by atoms with Gasteiger partial charge in [-0.25, -0.2) is 0 Å². The average Bonchev–Trinajstić information content (AvgIpc) is 2.15. The first-order chi connectivity index (χ1) is 6.61. The molecule has 0 saturated carbocycles. The summed E-state index contributed by atoms with van der Waals surface area (Å²) in [6.45, 7) is 8.68. The van der Waals surface area contributed by atoms with Crippen LogP contribution in [-0.2, 0) is 14.3 Å². The zero-order chi connectivity index (χ0) is 11.0. The van der Waals surface area contributed by atoms with Crippen molar-refractivity contribution in [2.75, 3.05) is 0 Å². The van der Waals surface area contributed by atoms with E-state index in [-0.39, 0.29) is 12.3 Å². The van der Waals surface area contributed by atoms with Crippen LogP contribution in [0.5, 0.6) is 0 Å². The Hall–Kier alpha value is -1.38. The molecule has 0 N–H and O–H groups in total. The van der Waals surface area contributed by atoms with Crippen molar-refractivity contribution in [3.05, 3.63) is 25.3 Å². The second-order valence-electron chi connectivity index (χ2n) is 3.05. The van der Waals surface area contributed by atoms with Crippen LogP contribution in [0.15, 0.2) is 25.3 Å². The fraction of sp³-hybridized carbons (Fsp3) is 0.455. The van der Waals surface area contributed by atoms with Crippen LogP contribution in [0.1, 0.15) is 26.2 Å². The molecule has 0 heterocycles. The number of allylic oxidation sites excluding steroid dienone is 2. The summed E-state index contributed by atoms with van der Waals surface area (Å²) in [5.74, 6) is -1.29. The Morgan fingerprint density at radius 2 is 2.00 bits per heavy atom. The maximum absolute atomic E-state index is 11.2. The highest BCUT2D eigenvalue weighted by atomic mass is 16.6. The molecule has 0 saturated heterocycles. The van der Waals surface area contributed by atoms with Crippen LogP contribution in [0.4, 0.5) is 0 Å². The van der Waals surface area contributed by atoms with Crippen molar-refractivity contribution < 1.29 is 14.3 Å². The third-order valence-electron chi connectivity index (χ3n) is 1.69. The topological polar surface area (TPSA) is 43.4 Å². The number of carbonyl (C=O) groups is 2. The lowest BCUT2D eigenvalue weighted by Gasteiger charge is -2.06. The van der Waals surface area contributed by atoms with Gasteiger partial charge in [0.2, 0.25) is 0 Å². The van der Waals surface area contributed by atoms with Gasteiger partial charge < -0.3 is 4.74 Å². The quantitative estimate of drug-likeness (QED) is 0.371. The summed E-state index contributed by atoms with van der Waals surface area (Å²) in [6, 6.07) is 0. The molecule has 0 rings (SSSR count). The minimum Gasteiger partial charge on any atom is -0.393 e. The Morgan fingerprint density at radius 3 is 2.50 bits per heavy atom. The summed E-state index contributed by atoms with van der Waals surface area (Å²) in [7, 11) is 0. The van der Waals surface area contributed by atoms with Gasteiger partial charge in [-0.3, -0.25) is 9.59 Å². The van der Waals surface area contributed by atoms with Gasteiger partial charge in [-0.05, 0) is 12.8 Å². The second kappa shape index (κ2) is 7.06. The molecule has 0 amide bonds. The second-order valence-corrected chi connectivity index (χ2v) is 3.05. The van der Waals surface area contributed by atoms with Crippen molar-refractivity contribution in [2.24, 2.45) is 5.92 Å². The Kier molecular flexibility index (Phi) is 6.37. The van der Waals surface area contributed by atoms with Gasteiger partial charge in [0.05, 0.1) is 5.92 Å². The SMILES string of the molecule is C=CCCC(=O)OC(=O)C(C)CC=C. The van der Waals surface area contributed by atoms with Gasteiger partial charge in [-0.2, -0.15) is 0 Å². The molecule has 0 radical (unpaired) electrons. The first-order valence-electron chi connectivity index (χ1n) is 4.58. The molecule has 1 unspecified atom stereocenters. The molecule has 0 aromatic rings. The van der Waals surface area contributed by atoms with Gasteiger partial charge in [0.15, 0.2) is 0 Å². The van der Waals surface area contributed by atoms with E-state index in [2.05, 4.69) is 17.9 Å². The fourth-order valence-electron chi connectivity index (χ4n) is 0.830. The van der Waals surface area contributed by atoms with Gasteiger partial charge in [0.1, 0.15) is 0 Å². The molecular formula is C11H16O3. The van der Waals surface area contributed by atoms with Crippen LogP contribution < -0.4 is 0 Å². The monoisotopic (exact) mass is 196 g/mol. The molecule has 0 spiro atoms. The summed E-state index contributed by atoms with van der Waals surface area (Å²) < 4.78 is 4.59. The highest BCUT2D eigenvalue weighted by Gasteiger charge is 2.16. The van der Waals surface area contributed by atoms with E-state index in [0.717, 1.165) is 0 Å². The number of rotatable bonds is 6. The molecule has 3 heteroatoms. The van der Waals surface area contributed by atoms with Gasteiger partial charge in [0.25, 0.3) is 0 Å². The molecule has 0 aromatic carbocycles. The predicted molar refractivity (Wildman–Crippen MR) is 54.5 cm³/mol. The summed E-state index contributed by atoms with van der Waals surface area (Å²) >= 11 is 0. The Labute approximate surface area is 84.4 Å². The maximum atomic E-state index is 11.2. The summed E-state index contributed by atoms with van der Waals surface area (Å²) in [5.41, 5.74) is 0. The van der Waals surface area contributed by atoms with Crippen molar-refractivity contribution in [1.82, 2.24) is 0 Å². The lowest BCUT2D eigenvalue weighted by atomic mass is 10.1. The van der Waals surface area contributed by atoms with E-state index >= 15 is 0 Å². The van der Waals surface area contributed by atoms with Crippen molar-refractivity contribution in [3.8, 4) is 0 Å². The van der Waals surface area contributed by atoms with E-state index in [9.17, 15) is 9.59 Å². The number of hydrogen-bond donors (Lipinski definition) is 0. The first kappa shape index (κ1) is 12.6. The lowest BCUT2D eigenvalue weighted by Crippen LogP contribution is -2.18. The van der Waals surface area contributed by atoms with Gasteiger partial charge in [-0.15, -0.1) is 13.2 Å². The van der Waals surface area contributed by atoms with E-state index in [1.54, 1.807) is 19.1 Å². The predicted octanol–water partition coefficient (Wildman–Crippen LogP) is 2.23. The molecule has 3 nitrogen and oxygen atoms in total. The van der Waals surface area contributed by atoms with Crippen LogP contribution in [0.2, 0.25) is 0 Å². The van der Waals surface area contributed by atoms with Crippen LogP contribution in [0.25, 0.3) is 0 Å². The van der Waals surface area contributed by atoms with Crippen molar-refractivity contribution in [2.45, 2.75) is 26.2 Å². The van der Waals surface area contributed by atoms with Crippen LogP contribution >= 0.6 is 0 Å². The van der Waals surface area contributed by atoms with Crippen molar-refractivity contribution in [1.29, 1.82) is 0 Å².